The van der Waals surface area contributed by atoms with Crippen molar-refractivity contribution in [3.63, 3.8) is 0 Å². The molecule has 0 saturated heterocycles. The Morgan fingerprint density at radius 2 is 2.22 bits per heavy atom. The van der Waals surface area contributed by atoms with Gasteiger partial charge < -0.3 is 10.4 Å². The summed E-state index contributed by atoms with van der Waals surface area (Å²) in [5.41, 5.74) is -0.211. The van der Waals surface area contributed by atoms with E-state index in [4.69, 9.17) is 10.4 Å². The maximum absolute atomic E-state index is 11.7. The van der Waals surface area contributed by atoms with Crippen LogP contribution in [-0.2, 0) is 0 Å². The van der Waals surface area contributed by atoms with Gasteiger partial charge in [-0.3, -0.25) is 9.78 Å². The summed E-state index contributed by atoms with van der Waals surface area (Å²) in [7, 11) is 0. The number of aromatic nitrogens is 1. The summed E-state index contributed by atoms with van der Waals surface area (Å²) < 4.78 is 0. The number of rotatable bonds is 6. The Morgan fingerprint density at radius 3 is 2.89 bits per heavy atom. The molecule has 18 heavy (non-hydrogen) atoms. The molecule has 0 atom stereocenters. The van der Waals surface area contributed by atoms with E-state index in [2.05, 4.69) is 10.3 Å². The number of carboxylic acid groups (broad SMARTS) is 1. The first-order chi connectivity index (χ1) is 8.66. The van der Waals surface area contributed by atoms with Gasteiger partial charge in [-0.2, -0.15) is 5.26 Å². The minimum absolute atomic E-state index is 0.0923. The van der Waals surface area contributed by atoms with Crippen LogP contribution < -0.4 is 5.32 Å². The fourth-order valence-electron chi connectivity index (χ4n) is 1.37. The number of nitrogens with zero attached hydrogens (tertiary/aromatic N) is 2. The lowest BCUT2D eigenvalue weighted by atomic mass is 10.2. The third kappa shape index (κ3) is 3.87. The van der Waals surface area contributed by atoms with Gasteiger partial charge in [0.25, 0.3) is 5.91 Å². The Hall–Kier alpha value is -2.42. The number of carbonyl (C=O) groups excluding carboxylic acids is 1. The van der Waals surface area contributed by atoms with Crippen molar-refractivity contribution < 1.29 is 14.7 Å². The minimum Gasteiger partial charge on any atom is -0.478 e. The molecule has 1 amide bonds. The van der Waals surface area contributed by atoms with Crippen molar-refractivity contribution in [3.8, 4) is 6.07 Å². The van der Waals surface area contributed by atoms with Gasteiger partial charge in [-0.05, 0) is 25.0 Å². The van der Waals surface area contributed by atoms with Crippen molar-refractivity contribution in [1.29, 1.82) is 5.26 Å². The number of carboxylic acids is 1. The molecule has 0 aliphatic rings. The summed E-state index contributed by atoms with van der Waals surface area (Å²) in [6, 6.07) is 4.81. The van der Waals surface area contributed by atoms with Crippen LogP contribution in [0.25, 0.3) is 0 Å². The lowest BCUT2D eigenvalue weighted by Crippen LogP contribution is -2.27. The SMILES string of the molecule is N#CCCCCNC(=O)c1ncccc1C(=O)O. The Kier molecular flexibility index (Phi) is 5.32. The maximum atomic E-state index is 11.7. The molecule has 1 aromatic heterocycles. The molecule has 0 unspecified atom stereocenters. The van der Waals surface area contributed by atoms with Crippen LogP contribution in [0.4, 0.5) is 0 Å². The zero-order chi connectivity index (χ0) is 13.4. The number of hydrogen-bond acceptors (Lipinski definition) is 4. The Morgan fingerprint density at radius 1 is 1.44 bits per heavy atom. The number of carbonyl (C=O) groups is 2. The zero-order valence-electron chi connectivity index (χ0n) is 9.72. The summed E-state index contributed by atoms with van der Waals surface area (Å²) in [4.78, 5) is 26.4. The van der Waals surface area contributed by atoms with E-state index in [-0.39, 0.29) is 11.3 Å². The van der Waals surface area contributed by atoms with Crippen molar-refractivity contribution in [2.24, 2.45) is 0 Å². The Bertz CT molecular complexity index is 480. The van der Waals surface area contributed by atoms with Gasteiger partial charge in [0.15, 0.2) is 0 Å². The number of pyridine rings is 1. The average molecular weight is 247 g/mol. The minimum atomic E-state index is -1.18. The van der Waals surface area contributed by atoms with Crippen LogP contribution in [0.15, 0.2) is 18.3 Å². The van der Waals surface area contributed by atoms with Gasteiger partial charge in [-0.15, -0.1) is 0 Å². The summed E-state index contributed by atoms with van der Waals surface area (Å²) in [6.07, 6.45) is 3.19. The highest BCUT2D eigenvalue weighted by Gasteiger charge is 2.16. The molecule has 0 aliphatic heterocycles. The van der Waals surface area contributed by atoms with Gasteiger partial charge in [0, 0.05) is 19.2 Å². The predicted molar refractivity (Wildman–Crippen MR) is 63.0 cm³/mol. The van der Waals surface area contributed by atoms with E-state index in [1.54, 1.807) is 0 Å². The second kappa shape index (κ2) is 7.01. The summed E-state index contributed by atoms with van der Waals surface area (Å²) in [5, 5.41) is 19.8. The van der Waals surface area contributed by atoms with E-state index < -0.39 is 11.9 Å². The first-order valence-corrected chi connectivity index (χ1v) is 5.50. The van der Waals surface area contributed by atoms with Crippen molar-refractivity contribution in [2.45, 2.75) is 19.3 Å². The van der Waals surface area contributed by atoms with Gasteiger partial charge in [-0.1, -0.05) is 0 Å². The molecule has 0 aliphatic carbocycles. The van der Waals surface area contributed by atoms with Gasteiger partial charge in [0.05, 0.1) is 11.6 Å². The van der Waals surface area contributed by atoms with E-state index >= 15 is 0 Å². The van der Waals surface area contributed by atoms with Crippen LogP contribution in [0.5, 0.6) is 0 Å². The van der Waals surface area contributed by atoms with Crippen LogP contribution >= 0.6 is 0 Å². The largest absolute Gasteiger partial charge is 0.478 e. The number of aromatic carboxylic acids is 1. The number of nitriles is 1. The molecule has 0 fully saturated rings. The van der Waals surface area contributed by atoms with E-state index in [1.807, 2.05) is 6.07 Å². The molecule has 94 valence electrons. The van der Waals surface area contributed by atoms with Gasteiger partial charge in [0.1, 0.15) is 5.69 Å². The summed E-state index contributed by atoms with van der Waals surface area (Å²) >= 11 is 0. The highest BCUT2D eigenvalue weighted by molar-refractivity contribution is 6.03. The molecule has 6 nitrogen and oxygen atoms in total. The van der Waals surface area contributed by atoms with Gasteiger partial charge in [0.2, 0.25) is 0 Å². The smallest absolute Gasteiger partial charge is 0.338 e. The lowest BCUT2D eigenvalue weighted by Gasteiger charge is -2.05. The fourth-order valence-corrected chi connectivity index (χ4v) is 1.37. The topological polar surface area (TPSA) is 103 Å². The van der Waals surface area contributed by atoms with Crippen LogP contribution in [0.3, 0.4) is 0 Å². The molecule has 1 rings (SSSR count). The molecule has 1 aromatic rings. The Labute approximate surface area is 104 Å². The fraction of sp³-hybridized carbons (Fsp3) is 0.333. The second-order valence-electron chi connectivity index (χ2n) is 3.58. The van der Waals surface area contributed by atoms with Crippen molar-refractivity contribution >= 4 is 11.9 Å². The molecule has 0 aromatic carbocycles. The molecule has 6 heteroatoms. The quantitative estimate of drug-likeness (QED) is 0.735. The first-order valence-electron chi connectivity index (χ1n) is 5.50. The normalized spacial score (nSPS) is 9.50. The van der Waals surface area contributed by atoms with Crippen LogP contribution in [0, 0.1) is 11.3 Å². The lowest BCUT2D eigenvalue weighted by molar-refractivity contribution is 0.0690. The standard InChI is InChI=1S/C12H13N3O3/c13-6-2-1-3-7-15-11(16)10-9(12(17)18)5-4-8-14-10/h4-5,8H,1-3,7H2,(H,15,16)(H,17,18). The van der Waals surface area contributed by atoms with E-state index in [0.717, 1.165) is 0 Å². The monoisotopic (exact) mass is 247 g/mol. The predicted octanol–water partition coefficient (Wildman–Crippen LogP) is 1.20. The molecule has 1 heterocycles. The average Bonchev–Trinajstić information content (AvgIpc) is 2.38. The summed E-state index contributed by atoms with van der Waals surface area (Å²) in [5.74, 6) is -1.69. The third-order valence-corrected chi connectivity index (χ3v) is 2.25. The molecule has 0 spiro atoms. The number of unbranched alkanes of at least 4 members (excludes halogenated alkanes) is 2. The zero-order valence-corrected chi connectivity index (χ0v) is 9.72. The molecule has 0 saturated carbocycles. The van der Waals surface area contributed by atoms with Crippen molar-refractivity contribution in [3.05, 3.63) is 29.6 Å². The second-order valence-corrected chi connectivity index (χ2v) is 3.58. The van der Waals surface area contributed by atoms with Gasteiger partial charge in [-0.25, -0.2) is 4.79 Å². The van der Waals surface area contributed by atoms with Crippen molar-refractivity contribution in [1.82, 2.24) is 10.3 Å². The molecule has 2 N–H and O–H groups in total. The van der Waals surface area contributed by atoms with E-state index in [1.165, 1.54) is 18.3 Å². The van der Waals surface area contributed by atoms with Gasteiger partial charge >= 0.3 is 5.97 Å². The van der Waals surface area contributed by atoms with E-state index in [9.17, 15) is 9.59 Å². The molecule has 0 bridgehead atoms. The molecular formula is C12H13N3O3. The van der Waals surface area contributed by atoms with Crippen molar-refractivity contribution in [2.75, 3.05) is 6.54 Å². The third-order valence-electron chi connectivity index (χ3n) is 2.25. The highest BCUT2D eigenvalue weighted by atomic mass is 16.4. The molecular weight excluding hydrogens is 234 g/mol. The van der Waals surface area contributed by atoms with Crippen LogP contribution in [-0.4, -0.2) is 28.5 Å². The Balaban J connectivity index is 2.57. The number of nitrogens with one attached hydrogen (secondary N) is 1. The first kappa shape index (κ1) is 13.6. The van der Waals surface area contributed by atoms with E-state index in [0.29, 0.717) is 25.8 Å². The number of amides is 1. The number of hydrogen-bond donors (Lipinski definition) is 2. The molecule has 0 radical (unpaired) electrons. The summed E-state index contributed by atoms with van der Waals surface area (Å²) in [6.45, 7) is 0.399. The van der Waals surface area contributed by atoms with Crippen LogP contribution in [0.2, 0.25) is 0 Å². The highest BCUT2D eigenvalue weighted by Crippen LogP contribution is 2.05. The van der Waals surface area contributed by atoms with Crippen LogP contribution in [0.1, 0.15) is 40.1 Å². The maximum Gasteiger partial charge on any atom is 0.338 e.